The fraction of sp³-hybridized carbons (Fsp3) is 0.375. The summed E-state index contributed by atoms with van der Waals surface area (Å²) in [5, 5.41) is 2.94. The van der Waals surface area contributed by atoms with Gasteiger partial charge in [-0.05, 0) is 18.6 Å². The molecular weight excluding hydrogens is 138 g/mol. The molecule has 11 heavy (non-hydrogen) atoms. The highest BCUT2D eigenvalue weighted by molar-refractivity contribution is 5.34. The van der Waals surface area contributed by atoms with Crippen LogP contribution in [0.5, 0.6) is 0 Å². The van der Waals surface area contributed by atoms with Gasteiger partial charge in [0.15, 0.2) is 0 Å². The van der Waals surface area contributed by atoms with Gasteiger partial charge in [0.05, 0.1) is 0 Å². The molecule has 1 aromatic rings. The predicted octanol–water partition coefficient (Wildman–Crippen LogP) is 1.14. The highest BCUT2D eigenvalue weighted by Crippen LogP contribution is 2.09. The first kappa shape index (κ1) is 8.01. The quantitative estimate of drug-likeness (QED) is 0.666. The molecule has 0 saturated heterocycles. The minimum Gasteiger partial charge on any atom is -0.373 e. The number of hydrogen-bond acceptors (Lipinski definition) is 3. The van der Waals surface area contributed by atoms with E-state index in [9.17, 15) is 0 Å². The SMILES string of the molecule is CNc1ccc([C@@H](C)N)cn1. The van der Waals surface area contributed by atoms with Crippen LogP contribution in [0.25, 0.3) is 0 Å². The van der Waals surface area contributed by atoms with Gasteiger partial charge >= 0.3 is 0 Å². The van der Waals surface area contributed by atoms with E-state index in [1.165, 1.54) is 0 Å². The summed E-state index contributed by atoms with van der Waals surface area (Å²) in [7, 11) is 1.84. The molecule has 0 fully saturated rings. The number of nitrogens with zero attached hydrogens (tertiary/aromatic N) is 1. The molecule has 3 nitrogen and oxygen atoms in total. The first-order valence-electron chi connectivity index (χ1n) is 3.63. The second kappa shape index (κ2) is 3.34. The number of rotatable bonds is 2. The minimum absolute atomic E-state index is 0.0633. The van der Waals surface area contributed by atoms with Gasteiger partial charge in [-0.3, -0.25) is 0 Å². The Morgan fingerprint density at radius 2 is 2.27 bits per heavy atom. The topological polar surface area (TPSA) is 50.9 Å². The van der Waals surface area contributed by atoms with Crippen molar-refractivity contribution >= 4 is 5.82 Å². The lowest BCUT2D eigenvalue weighted by atomic mass is 10.2. The number of anilines is 1. The van der Waals surface area contributed by atoms with Crippen LogP contribution in [-0.4, -0.2) is 12.0 Å². The molecule has 1 rings (SSSR count). The Kier molecular flexibility index (Phi) is 2.44. The van der Waals surface area contributed by atoms with Gasteiger partial charge in [0.1, 0.15) is 5.82 Å². The van der Waals surface area contributed by atoms with Crippen molar-refractivity contribution in [3.63, 3.8) is 0 Å². The van der Waals surface area contributed by atoms with Gasteiger partial charge < -0.3 is 11.1 Å². The minimum atomic E-state index is 0.0633. The Hall–Kier alpha value is -1.09. The van der Waals surface area contributed by atoms with Gasteiger partial charge in [-0.25, -0.2) is 4.98 Å². The summed E-state index contributed by atoms with van der Waals surface area (Å²) in [6.07, 6.45) is 1.79. The summed E-state index contributed by atoms with van der Waals surface area (Å²) in [4.78, 5) is 4.13. The van der Waals surface area contributed by atoms with Crippen molar-refractivity contribution in [2.45, 2.75) is 13.0 Å². The van der Waals surface area contributed by atoms with Gasteiger partial charge in [-0.15, -0.1) is 0 Å². The average Bonchev–Trinajstić information content (AvgIpc) is 2.05. The Morgan fingerprint density at radius 1 is 1.55 bits per heavy atom. The molecule has 0 aliphatic carbocycles. The summed E-state index contributed by atoms with van der Waals surface area (Å²) in [5.74, 6) is 0.870. The van der Waals surface area contributed by atoms with Crippen LogP contribution in [0.3, 0.4) is 0 Å². The summed E-state index contributed by atoms with van der Waals surface area (Å²) < 4.78 is 0. The predicted molar refractivity (Wildman–Crippen MR) is 46.4 cm³/mol. The van der Waals surface area contributed by atoms with E-state index >= 15 is 0 Å². The number of nitrogens with two attached hydrogens (primary N) is 1. The zero-order valence-corrected chi connectivity index (χ0v) is 6.83. The second-order valence-corrected chi connectivity index (χ2v) is 2.52. The maximum atomic E-state index is 5.64. The Bertz CT molecular complexity index is 215. The highest BCUT2D eigenvalue weighted by atomic mass is 14.9. The van der Waals surface area contributed by atoms with Crippen LogP contribution in [0.4, 0.5) is 5.82 Å². The summed E-state index contributed by atoms with van der Waals surface area (Å²) >= 11 is 0. The zero-order valence-electron chi connectivity index (χ0n) is 6.83. The molecule has 1 heterocycles. The van der Waals surface area contributed by atoms with Crippen LogP contribution in [0.2, 0.25) is 0 Å². The van der Waals surface area contributed by atoms with Gasteiger partial charge in [-0.2, -0.15) is 0 Å². The number of nitrogens with one attached hydrogen (secondary N) is 1. The third-order valence-electron chi connectivity index (χ3n) is 1.57. The van der Waals surface area contributed by atoms with E-state index in [-0.39, 0.29) is 6.04 Å². The standard InChI is InChI=1S/C8H13N3/c1-6(9)7-3-4-8(10-2)11-5-7/h3-6H,9H2,1-2H3,(H,10,11)/t6-/m1/s1. The van der Waals surface area contributed by atoms with E-state index in [0.717, 1.165) is 11.4 Å². The average molecular weight is 151 g/mol. The zero-order chi connectivity index (χ0) is 8.27. The highest BCUT2D eigenvalue weighted by Gasteiger charge is 1.97. The molecule has 3 N–H and O–H groups in total. The monoisotopic (exact) mass is 151 g/mol. The van der Waals surface area contributed by atoms with Crippen molar-refractivity contribution in [1.82, 2.24) is 4.98 Å². The second-order valence-electron chi connectivity index (χ2n) is 2.52. The fourth-order valence-corrected chi connectivity index (χ4v) is 0.823. The molecular formula is C8H13N3. The van der Waals surface area contributed by atoms with E-state index in [1.54, 1.807) is 6.20 Å². The van der Waals surface area contributed by atoms with Crippen molar-refractivity contribution in [3.05, 3.63) is 23.9 Å². The summed E-state index contributed by atoms with van der Waals surface area (Å²) in [5.41, 5.74) is 6.70. The van der Waals surface area contributed by atoms with Crippen LogP contribution in [0.15, 0.2) is 18.3 Å². The first-order valence-corrected chi connectivity index (χ1v) is 3.63. The summed E-state index contributed by atoms with van der Waals surface area (Å²) in [6, 6.07) is 3.95. The molecule has 60 valence electrons. The van der Waals surface area contributed by atoms with Crippen molar-refractivity contribution in [2.24, 2.45) is 5.73 Å². The molecule has 0 bridgehead atoms. The molecule has 0 aliphatic heterocycles. The smallest absolute Gasteiger partial charge is 0.125 e. The van der Waals surface area contributed by atoms with Gasteiger partial charge in [-0.1, -0.05) is 6.07 Å². The molecule has 1 atom stereocenters. The van der Waals surface area contributed by atoms with Crippen molar-refractivity contribution in [3.8, 4) is 0 Å². The Balaban J connectivity index is 2.83. The van der Waals surface area contributed by atoms with Gasteiger partial charge in [0.25, 0.3) is 0 Å². The van der Waals surface area contributed by atoms with Gasteiger partial charge in [0, 0.05) is 19.3 Å². The van der Waals surface area contributed by atoms with Crippen LogP contribution in [0.1, 0.15) is 18.5 Å². The molecule has 0 spiro atoms. The molecule has 0 unspecified atom stereocenters. The van der Waals surface area contributed by atoms with Crippen LogP contribution in [-0.2, 0) is 0 Å². The first-order chi connectivity index (χ1) is 5.24. The van der Waals surface area contributed by atoms with Crippen LogP contribution >= 0.6 is 0 Å². The van der Waals surface area contributed by atoms with E-state index in [0.29, 0.717) is 0 Å². The van der Waals surface area contributed by atoms with Crippen molar-refractivity contribution < 1.29 is 0 Å². The third-order valence-corrected chi connectivity index (χ3v) is 1.57. The largest absolute Gasteiger partial charge is 0.373 e. The van der Waals surface area contributed by atoms with E-state index in [1.807, 2.05) is 26.1 Å². The van der Waals surface area contributed by atoms with Crippen molar-refractivity contribution in [2.75, 3.05) is 12.4 Å². The lowest BCUT2D eigenvalue weighted by molar-refractivity contribution is 0.812. The van der Waals surface area contributed by atoms with E-state index in [2.05, 4.69) is 10.3 Å². The summed E-state index contributed by atoms with van der Waals surface area (Å²) in [6.45, 7) is 1.94. The molecule has 0 saturated carbocycles. The maximum Gasteiger partial charge on any atom is 0.125 e. The maximum absolute atomic E-state index is 5.64. The molecule has 1 aromatic heterocycles. The Labute approximate surface area is 66.6 Å². The molecule has 0 aromatic carbocycles. The molecule has 0 radical (unpaired) electrons. The van der Waals surface area contributed by atoms with E-state index < -0.39 is 0 Å². The lowest BCUT2D eigenvalue weighted by Gasteiger charge is -2.04. The number of hydrogen-bond donors (Lipinski definition) is 2. The van der Waals surface area contributed by atoms with Gasteiger partial charge in [0.2, 0.25) is 0 Å². The Morgan fingerprint density at radius 3 is 2.64 bits per heavy atom. The third kappa shape index (κ3) is 1.91. The number of aromatic nitrogens is 1. The van der Waals surface area contributed by atoms with E-state index in [4.69, 9.17) is 5.73 Å². The molecule has 0 aliphatic rings. The molecule has 0 amide bonds. The normalized spacial score (nSPS) is 12.6. The lowest BCUT2D eigenvalue weighted by Crippen LogP contribution is -2.05. The number of pyridine rings is 1. The van der Waals surface area contributed by atoms with Crippen LogP contribution < -0.4 is 11.1 Å². The molecule has 3 heteroatoms. The van der Waals surface area contributed by atoms with Crippen LogP contribution in [0, 0.1) is 0 Å². The van der Waals surface area contributed by atoms with Crippen molar-refractivity contribution in [1.29, 1.82) is 0 Å². The fourth-order valence-electron chi connectivity index (χ4n) is 0.823.